The molecule has 78 valence electrons. The summed E-state index contributed by atoms with van der Waals surface area (Å²) in [6.45, 7) is 4.13. The fraction of sp³-hybridized carbons (Fsp3) is 0.250. The molecule has 0 saturated heterocycles. The van der Waals surface area contributed by atoms with E-state index in [4.69, 9.17) is 0 Å². The van der Waals surface area contributed by atoms with Gasteiger partial charge in [-0.1, -0.05) is 24.3 Å². The average Bonchev–Trinajstić information content (AvgIpc) is 2.69. The molecular formula is C12H13NOS. The molecule has 15 heavy (non-hydrogen) atoms. The first-order valence-corrected chi connectivity index (χ1v) is 5.82. The Morgan fingerprint density at radius 1 is 1.60 bits per heavy atom. The first kappa shape index (κ1) is 10.3. The zero-order valence-electron chi connectivity index (χ0n) is 8.40. The highest BCUT2D eigenvalue weighted by Crippen LogP contribution is 2.36. The quantitative estimate of drug-likeness (QED) is 0.788. The van der Waals surface area contributed by atoms with Crippen LogP contribution in [0, 0.1) is 0 Å². The molecule has 0 aliphatic carbocycles. The van der Waals surface area contributed by atoms with Crippen molar-refractivity contribution in [2.24, 2.45) is 0 Å². The molecule has 0 radical (unpaired) electrons. The third kappa shape index (κ3) is 2.23. The molecule has 0 aromatic heterocycles. The summed E-state index contributed by atoms with van der Waals surface area (Å²) in [5.74, 6) is 0.108. The third-order valence-corrected chi connectivity index (χ3v) is 3.68. The summed E-state index contributed by atoms with van der Waals surface area (Å²) in [7, 11) is 0. The summed E-state index contributed by atoms with van der Waals surface area (Å²) in [5.41, 5.74) is 1.28. The van der Waals surface area contributed by atoms with Gasteiger partial charge < -0.3 is 5.32 Å². The molecule has 3 heteroatoms. The zero-order chi connectivity index (χ0) is 10.7. The molecule has 1 unspecified atom stereocenters. The van der Waals surface area contributed by atoms with Crippen LogP contribution < -0.4 is 5.32 Å². The minimum absolute atomic E-state index is 0.0300. The average molecular weight is 219 g/mol. The molecular weight excluding hydrogens is 206 g/mol. The normalized spacial score (nSPS) is 18.3. The van der Waals surface area contributed by atoms with Crippen LogP contribution in [0.25, 0.3) is 0 Å². The van der Waals surface area contributed by atoms with Crippen molar-refractivity contribution in [3.8, 4) is 0 Å². The topological polar surface area (TPSA) is 29.1 Å². The lowest BCUT2D eigenvalue weighted by Gasteiger charge is -2.07. The summed E-state index contributed by atoms with van der Waals surface area (Å²) >= 11 is 1.65. The maximum absolute atomic E-state index is 11.7. The van der Waals surface area contributed by atoms with Gasteiger partial charge in [-0.3, -0.25) is 4.79 Å². The fourth-order valence-corrected chi connectivity index (χ4v) is 2.83. The molecule has 1 amide bonds. The van der Waals surface area contributed by atoms with Crippen molar-refractivity contribution in [2.45, 2.75) is 16.6 Å². The van der Waals surface area contributed by atoms with E-state index in [2.05, 4.69) is 24.0 Å². The van der Waals surface area contributed by atoms with E-state index in [0.717, 1.165) is 6.42 Å². The van der Waals surface area contributed by atoms with Crippen molar-refractivity contribution < 1.29 is 4.79 Å². The maximum Gasteiger partial charge on any atom is 0.234 e. The number of carbonyl (C=O) groups is 1. The minimum Gasteiger partial charge on any atom is -0.352 e. The highest BCUT2D eigenvalue weighted by atomic mass is 32.2. The second kappa shape index (κ2) is 4.53. The van der Waals surface area contributed by atoms with Gasteiger partial charge in [-0.25, -0.2) is 0 Å². The highest BCUT2D eigenvalue weighted by Gasteiger charge is 2.27. The van der Waals surface area contributed by atoms with Gasteiger partial charge in [-0.15, -0.1) is 18.3 Å². The molecule has 2 nitrogen and oxygen atoms in total. The van der Waals surface area contributed by atoms with Crippen molar-refractivity contribution in [3.63, 3.8) is 0 Å². The molecule has 0 spiro atoms. The van der Waals surface area contributed by atoms with Gasteiger partial charge in [0.15, 0.2) is 0 Å². The van der Waals surface area contributed by atoms with Gasteiger partial charge in [0, 0.05) is 11.4 Å². The number of amides is 1. The van der Waals surface area contributed by atoms with Crippen molar-refractivity contribution in [3.05, 3.63) is 42.5 Å². The van der Waals surface area contributed by atoms with Crippen LogP contribution in [-0.2, 0) is 11.2 Å². The molecule has 1 aromatic rings. The van der Waals surface area contributed by atoms with E-state index in [1.807, 2.05) is 12.1 Å². The molecule has 1 aliphatic rings. The van der Waals surface area contributed by atoms with Crippen molar-refractivity contribution in [1.82, 2.24) is 5.32 Å². The molecule has 1 N–H and O–H groups in total. The summed E-state index contributed by atoms with van der Waals surface area (Å²) in [5, 5.41) is 2.86. The SMILES string of the molecule is C=CCNC(=O)C1Cc2ccccc2S1. The van der Waals surface area contributed by atoms with E-state index in [0.29, 0.717) is 6.54 Å². The fourth-order valence-electron chi connectivity index (χ4n) is 1.61. The standard InChI is InChI=1S/C12H13NOS/c1-2-7-13-12(14)11-8-9-5-3-4-6-10(9)15-11/h2-6,11H,1,7-8H2,(H,13,14). The predicted molar refractivity (Wildman–Crippen MR) is 63.0 cm³/mol. The number of hydrogen-bond donors (Lipinski definition) is 1. The lowest BCUT2D eigenvalue weighted by molar-refractivity contribution is -0.120. The number of nitrogens with one attached hydrogen (secondary N) is 1. The van der Waals surface area contributed by atoms with Crippen LogP contribution in [0.5, 0.6) is 0 Å². The van der Waals surface area contributed by atoms with Gasteiger partial charge in [0.1, 0.15) is 0 Å². The van der Waals surface area contributed by atoms with Gasteiger partial charge in [0.2, 0.25) is 5.91 Å². The van der Waals surface area contributed by atoms with Crippen LogP contribution in [-0.4, -0.2) is 17.7 Å². The van der Waals surface area contributed by atoms with Crippen LogP contribution in [0.1, 0.15) is 5.56 Å². The zero-order valence-corrected chi connectivity index (χ0v) is 9.22. The Morgan fingerprint density at radius 3 is 3.13 bits per heavy atom. The first-order chi connectivity index (χ1) is 7.31. The first-order valence-electron chi connectivity index (χ1n) is 4.94. The van der Waals surface area contributed by atoms with E-state index in [1.54, 1.807) is 17.8 Å². The van der Waals surface area contributed by atoms with E-state index in [-0.39, 0.29) is 11.2 Å². The van der Waals surface area contributed by atoms with E-state index < -0.39 is 0 Å². The Kier molecular flexibility index (Phi) is 3.11. The molecule has 2 rings (SSSR count). The van der Waals surface area contributed by atoms with E-state index >= 15 is 0 Å². The smallest absolute Gasteiger partial charge is 0.234 e. The Morgan fingerprint density at radius 2 is 2.40 bits per heavy atom. The van der Waals surface area contributed by atoms with E-state index in [9.17, 15) is 4.79 Å². The summed E-state index contributed by atoms with van der Waals surface area (Å²) in [4.78, 5) is 12.9. The Balaban J connectivity index is 2.00. The number of carbonyl (C=O) groups excluding carboxylic acids is 1. The number of hydrogen-bond acceptors (Lipinski definition) is 2. The Hall–Kier alpha value is -1.22. The monoisotopic (exact) mass is 219 g/mol. The van der Waals surface area contributed by atoms with Crippen LogP contribution in [0.15, 0.2) is 41.8 Å². The second-order valence-corrected chi connectivity index (χ2v) is 4.70. The Bertz CT molecular complexity index is 364. The van der Waals surface area contributed by atoms with Crippen LogP contribution >= 0.6 is 11.8 Å². The third-order valence-electron chi connectivity index (χ3n) is 2.36. The number of benzene rings is 1. The van der Waals surface area contributed by atoms with Gasteiger partial charge in [-0.2, -0.15) is 0 Å². The highest BCUT2D eigenvalue weighted by molar-refractivity contribution is 8.01. The van der Waals surface area contributed by atoms with Crippen LogP contribution in [0.4, 0.5) is 0 Å². The van der Waals surface area contributed by atoms with Gasteiger partial charge in [0.25, 0.3) is 0 Å². The van der Waals surface area contributed by atoms with Gasteiger partial charge in [0.05, 0.1) is 5.25 Å². The maximum atomic E-state index is 11.7. The summed E-state index contributed by atoms with van der Waals surface area (Å²) in [6.07, 6.45) is 2.54. The summed E-state index contributed by atoms with van der Waals surface area (Å²) in [6, 6.07) is 8.18. The molecule has 1 aromatic carbocycles. The number of rotatable bonds is 3. The van der Waals surface area contributed by atoms with Crippen molar-refractivity contribution in [2.75, 3.05) is 6.54 Å². The summed E-state index contributed by atoms with van der Waals surface area (Å²) < 4.78 is 0. The molecule has 1 atom stereocenters. The number of thioether (sulfide) groups is 1. The molecule has 0 saturated carbocycles. The molecule has 0 bridgehead atoms. The lowest BCUT2D eigenvalue weighted by Crippen LogP contribution is -2.32. The number of fused-ring (bicyclic) bond motifs is 1. The largest absolute Gasteiger partial charge is 0.352 e. The van der Waals surface area contributed by atoms with Gasteiger partial charge >= 0.3 is 0 Å². The minimum atomic E-state index is 0.0300. The van der Waals surface area contributed by atoms with E-state index in [1.165, 1.54) is 10.5 Å². The molecule has 1 aliphatic heterocycles. The second-order valence-electron chi connectivity index (χ2n) is 3.45. The van der Waals surface area contributed by atoms with Crippen LogP contribution in [0.2, 0.25) is 0 Å². The van der Waals surface area contributed by atoms with Crippen molar-refractivity contribution >= 4 is 17.7 Å². The predicted octanol–water partition coefficient (Wildman–Crippen LogP) is 2.01. The van der Waals surface area contributed by atoms with Crippen LogP contribution in [0.3, 0.4) is 0 Å². The van der Waals surface area contributed by atoms with Crippen molar-refractivity contribution in [1.29, 1.82) is 0 Å². The van der Waals surface area contributed by atoms with Gasteiger partial charge in [-0.05, 0) is 18.1 Å². The molecule has 0 fully saturated rings. The Labute approximate surface area is 93.8 Å². The lowest BCUT2D eigenvalue weighted by atomic mass is 10.1. The molecule has 1 heterocycles.